The molecular weight excluding hydrogens is 276 g/mol. The molecule has 0 heterocycles. The minimum absolute atomic E-state index is 0.111. The summed E-state index contributed by atoms with van der Waals surface area (Å²) in [5.41, 5.74) is 0. The van der Waals surface area contributed by atoms with E-state index in [0.717, 1.165) is 0 Å². The summed E-state index contributed by atoms with van der Waals surface area (Å²) < 4.78 is 0. The van der Waals surface area contributed by atoms with E-state index in [4.69, 9.17) is 0 Å². The highest BCUT2D eigenvalue weighted by Gasteiger charge is 2.07. The van der Waals surface area contributed by atoms with Gasteiger partial charge in [-0.25, -0.2) is 0 Å². The second-order valence-electron chi connectivity index (χ2n) is 4.55. The lowest BCUT2D eigenvalue weighted by molar-refractivity contribution is -0.129. The molecule has 0 aliphatic heterocycles. The van der Waals surface area contributed by atoms with Crippen LogP contribution in [0.4, 0.5) is 0 Å². The van der Waals surface area contributed by atoms with Crippen LogP contribution in [0.2, 0.25) is 0 Å². The topological polar surface area (TPSA) is 116 Å². The summed E-state index contributed by atoms with van der Waals surface area (Å²) >= 11 is 0. The molecular formula is C13H24N4O4. The minimum atomic E-state index is -0.350. The molecule has 120 valence electrons. The fraction of sp³-hybridized carbons (Fsp3) is 0.692. The monoisotopic (exact) mass is 300 g/mol. The first-order valence-electron chi connectivity index (χ1n) is 6.94. The van der Waals surface area contributed by atoms with Gasteiger partial charge in [0.2, 0.25) is 23.6 Å². The van der Waals surface area contributed by atoms with Gasteiger partial charge in [-0.3, -0.25) is 19.2 Å². The molecule has 0 unspecified atom stereocenters. The van der Waals surface area contributed by atoms with Crippen LogP contribution < -0.4 is 21.3 Å². The van der Waals surface area contributed by atoms with E-state index in [2.05, 4.69) is 21.3 Å². The lowest BCUT2D eigenvalue weighted by Crippen LogP contribution is -2.34. The first-order valence-corrected chi connectivity index (χ1v) is 6.94. The highest BCUT2D eigenvalue weighted by molar-refractivity contribution is 5.96. The van der Waals surface area contributed by atoms with Gasteiger partial charge in [0, 0.05) is 40.0 Å². The number of hydrogen-bond donors (Lipinski definition) is 4. The van der Waals surface area contributed by atoms with Crippen molar-refractivity contribution in [3.05, 3.63) is 0 Å². The van der Waals surface area contributed by atoms with Crippen molar-refractivity contribution >= 4 is 23.6 Å². The number of nitrogens with one attached hydrogen (secondary N) is 4. The number of amides is 4. The van der Waals surface area contributed by atoms with Crippen LogP contribution >= 0.6 is 0 Å². The molecule has 0 saturated carbocycles. The van der Waals surface area contributed by atoms with Gasteiger partial charge in [0.05, 0.1) is 0 Å². The van der Waals surface area contributed by atoms with Gasteiger partial charge in [-0.15, -0.1) is 0 Å². The molecule has 0 atom stereocenters. The van der Waals surface area contributed by atoms with E-state index in [1.807, 2.05) is 0 Å². The van der Waals surface area contributed by atoms with Crippen LogP contribution in [0.15, 0.2) is 0 Å². The molecule has 21 heavy (non-hydrogen) atoms. The maximum atomic E-state index is 11.4. The third kappa shape index (κ3) is 14.1. The van der Waals surface area contributed by atoms with E-state index in [1.54, 1.807) is 0 Å². The van der Waals surface area contributed by atoms with E-state index in [1.165, 1.54) is 13.8 Å². The third-order valence-corrected chi connectivity index (χ3v) is 2.42. The van der Waals surface area contributed by atoms with E-state index in [-0.39, 0.29) is 30.0 Å². The van der Waals surface area contributed by atoms with Crippen LogP contribution in [0.1, 0.15) is 33.1 Å². The minimum Gasteiger partial charge on any atom is -0.356 e. The van der Waals surface area contributed by atoms with Crippen LogP contribution in [-0.4, -0.2) is 49.8 Å². The second kappa shape index (κ2) is 11.7. The third-order valence-electron chi connectivity index (χ3n) is 2.42. The maximum Gasteiger partial charge on any atom is 0.229 e. The van der Waals surface area contributed by atoms with Crippen molar-refractivity contribution in [3.8, 4) is 0 Å². The largest absolute Gasteiger partial charge is 0.356 e. The standard InChI is InChI=1S/C13H24N4O4/c1-10(18)14-5-3-7-16-12(20)9-13(21)17-8-4-6-15-11(2)19/h3-9H2,1-2H3,(H,14,18)(H,15,19)(H,16,20)(H,17,21). The van der Waals surface area contributed by atoms with Crippen molar-refractivity contribution in [2.45, 2.75) is 33.1 Å². The molecule has 0 rings (SSSR count). The molecule has 0 bridgehead atoms. The molecule has 0 spiro atoms. The molecule has 4 amide bonds. The smallest absolute Gasteiger partial charge is 0.229 e. The van der Waals surface area contributed by atoms with Gasteiger partial charge in [0.1, 0.15) is 6.42 Å². The second-order valence-corrected chi connectivity index (χ2v) is 4.55. The quantitative estimate of drug-likeness (QED) is 0.295. The first kappa shape index (κ1) is 18.9. The number of carbonyl (C=O) groups is 4. The fourth-order valence-corrected chi connectivity index (χ4v) is 1.43. The van der Waals surface area contributed by atoms with Crippen molar-refractivity contribution in [3.63, 3.8) is 0 Å². The summed E-state index contributed by atoms with van der Waals surface area (Å²) in [4.78, 5) is 44.0. The van der Waals surface area contributed by atoms with E-state index in [9.17, 15) is 19.2 Å². The lowest BCUT2D eigenvalue weighted by Gasteiger charge is -2.07. The maximum absolute atomic E-state index is 11.4. The number of rotatable bonds is 10. The summed E-state index contributed by atoms with van der Waals surface area (Å²) in [5, 5.41) is 10.4. The van der Waals surface area contributed by atoms with Gasteiger partial charge in [0.15, 0.2) is 0 Å². The summed E-state index contributed by atoms with van der Waals surface area (Å²) in [6, 6.07) is 0. The molecule has 0 aromatic carbocycles. The Hall–Kier alpha value is -2.12. The molecule has 4 N–H and O–H groups in total. The molecule has 0 aliphatic carbocycles. The SMILES string of the molecule is CC(=O)NCCCNC(=O)CC(=O)NCCCNC(C)=O. The van der Waals surface area contributed by atoms with Gasteiger partial charge in [-0.2, -0.15) is 0 Å². The Morgan fingerprint density at radius 3 is 1.29 bits per heavy atom. The normalized spacial score (nSPS) is 9.62. The Labute approximate surface area is 124 Å². The molecule has 0 radical (unpaired) electrons. The van der Waals surface area contributed by atoms with E-state index in [0.29, 0.717) is 39.0 Å². The van der Waals surface area contributed by atoms with E-state index >= 15 is 0 Å². The van der Waals surface area contributed by atoms with Gasteiger partial charge in [0.25, 0.3) is 0 Å². The van der Waals surface area contributed by atoms with Gasteiger partial charge < -0.3 is 21.3 Å². The van der Waals surface area contributed by atoms with Crippen molar-refractivity contribution in [2.24, 2.45) is 0 Å². The molecule has 0 aromatic heterocycles. The summed E-state index contributed by atoms with van der Waals surface area (Å²) in [6.07, 6.45) is 1.01. The van der Waals surface area contributed by atoms with Gasteiger partial charge >= 0.3 is 0 Å². The Morgan fingerprint density at radius 1 is 0.619 bits per heavy atom. The summed E-state index contributed by atoms with van der Waals surface area (Å²) in [6.45, 7) is 4.66. The summed E-state index contributed by atoms with van der Waals surface area (Å²) in [7, 11) is 0. The summed E-state index contributed by atoms with van der Waals surface area (Å²) in [5.74, 6) is -0.922. The zero-order valence-electron chi connectivity index (χ0n) is 12.6. The van der Waals surface area contributed by atoms with Gasteiger partial charge in [-0.05, 0) is 12.8 Å². The van der Waals surface area contributed by atoms with Crippen LogP contribution in [0.25, 0.3) is 0 Å². The van der Waals surface area contributed by atoms with Crippen LogP contribution in [-0.2, 0) is 19.2 Å². The fourth-order valence-electron chi connectivity index (χ4n) is 1.43. The zero-order chi connectivity index (χ0) is 16.1. The van der Waals surface area contributed by atoms with Crippen LogP contribution in [0, 0.1) is 0 Å². The lowest BCUT2D eigenvalue weighted by atomic mass is 10.3. The Morgan fingerprint density at radius 2 is 0.952 bits per heavy atom. The molecule has 0 fully saturated rings. The predicted octanol–water partition coefficient (Wildman–Crippen LogP) is -1.34. The highest BCUT2D eigenvalue weighted by Crippen LogP contribution is 1.83. The molecule has 0 aliphatic rings. The highest BCUT2D eigenvalue weighted by atomic mass is 16.2. The van der Waals surface area contributed by atoms with Crippen LogP contribution in [0.5, 0.6) is 0 Å². The van der Waals surface area contributed by atoms with Crippen LogP contribution in [0.3, 0.4) is 0 Å². The number of hydrogen-bond acceptors (Lipinski definition) is 4. The first-order chi connectivity index (χ1) is 9.91. The van der Waals surface area contributed by atoms with Crippen molar-refractivity contribution in [1.82, 2.24) is 21.3 Å². The van der Waals surface area contributed by atoms with Crippen molar-refractivity contribution < 1.29 is 19.2 Å². The number of carbonyl (C=O) groups excluding carboxylic acids is 4. The molecule has 8 heteroatoms. The Balaban J connectivity index is 3.50. The molecule has 0 saturated heterocycles. The molecule has 0 aromatic rings. The van der Waals surface area contributed by atoms with Crippen molar-refractivity contribution in [1.29, 1.82) is 0 Å². The average molecular weight is 300 g/mol. The average Bonchev–Trinajstić information content (AvgIpc) is 2.37. The Kier molecular flexibility index (Phi) is 10.5. The molecule has 8 nitrogen and oxygen atoms in total. The zero-order valence-corrected chi connectivity index (χ0v) is 12.6. The predicted molar refractivity (Wildman–Crippen MR) is 77.2 cm³/mol. The van der Waals surface area contributed by atoms with Gasteiger partial charge in [-0.1, -0.05) is 0 Å². The van der Waals surface area contributed by atoms with Crippen molar-refractivity contribution in [2.75, 3.05) is 26.2 Å². The van der Waals surface area contributed by atoms with E-state index < -0.39 is 0 Å². The Bertz CT molecular complexity index is 337.